The van der Waals surface area contributed by atoms with Gasteiger partial charge in [-0.3, -0.25) is 10.2 Å². The van der Waals surface area contributed by atoms with Crippen LogP contribution in [-0.4, -0.2) is 29.7 Å². The highest BCUT2D eigenvalue weighted by Crippen LogP contribution is 2.42. The van der Waals surface area contributed by atoms with Crippen molar-refractivity contribution in [3.05, 3.63) is 87.4 Å². The second-order valence-corrected chi connectivity index (χ2v) is 10.1. The highest BCUT2D eigenvalue weighted by molar-refractivity contribution is 7.99. The minimum Gasteiger partial charge on any atom is -0.285 e. The van der Waals surface area contributed by atoms with Crippen LogP contribution >= 0.6 is 35.0 Å². The van der Waals surface area contributed by atoms with Crippen LogP contribution < -0.4 is 5.43 Å². The number of carbonyl (C=O) groups excluding carboxylic acids is 1. The van der Waals surface area contributed by atoms with Crippen molar-refractivity contribution in [2.24, 2.45) is 4.99 Å². The van der Waals surface area contributed by atoms with E-state index in [1.807, 2.05) is 53.5 Å². The zero-order valence-corrected chi connectivity index (χ0v) is 20.3. The molecule has 1 N–H and O–H groups in total. The molecule has 0 spiro atoms. The van der Waals surface area contributed by atoms with E-state index in [1.165, 1.54) is 12.8 Å². The molecule has 4 nitrogen and oxygen atoms in total. The van der Waals surface area contributed by atoms with E-state index in [1.54, 1.807) is 17.8 Å². The summed E-state index contributed by atoms with van der Waals surface area (Å²) in [5.41, 5.74) is 6.99. The molecule has 0 atom stereocenters. The second-order valence-electron chi connectivity index (χ2n) is 8.21. The van der Waals surface area contributed by atoms with Crippen LogP contribution in [0.15, 0.2) is 75.4 Å². The van der Waals surface area contributed by atoms with E-state index in [4.69, 9.17) is 28.2 Å². The fourth-order valence-electron chi connectivity index (χ4n) is 4.16. The summed E-state index contributed by atoms with van der Waals surface area (Å²) in [6.07, 6.45) is 4.64. The number of fused-ring (bicyclic) bond motifs is 2. The van der Waals surface area contributed by atoms with Crippen LogP contribution in [0.1, 0.15) is 47.2 Å². The number of nitrogens with one attached hydrogen (secondary N) is 1. The normalized spacial score (nSPS) is 16.1. The maximum atomic E-state index is 13.0. The number of aliphatic imine (C=N–C) groups is 1. The van der Waals surface area contributed by atoms with Crippen LogP contribution in [0.2, 0.25) is 10.0 Å². The molecule has 1 amide bonds. The Morgan fingerprint density at radius 2 is 1.67 bits per heavy atom. The summed E-state index contributed by atoms with van der Waals surface area (Å²) in [6.45, 7) is 1.78. The van der Waals surface area contributed by atoms with Gasteiger partial charge in [0.25, 0.3) is 5.91 Å². The molecular formula is C26H23Cl2N3OS. The molecule has 2 aliphatic heterocycles. The SMILES string of the molecule is O=C(NN1CCCCCC1)c1ccc2c(c1)N=C(c1ccc(Cl)cc1Cl)c1ccccc1S2. The van der Waals surface area contributed by atoms with Crippen molar-refractivity contribution in [2.45, 2.75) is 35.5 Å². The topological polar surface area (TPSA) is 44.7 Å². The Balaban J connectivity index is 1.54. The molecule has 7 heteroatoms. The van der Waals surface area contributed by atoms with E-state index in [2.05, 4.69) is 11.5 Å². The number of rotatable bonds is 3. The Morgan fingerprint density at radius 1 is 0.879 bits per heavy atom. The molecule has 0 aromatic heterocycles. The average molecular weight is 496 g/mol. The van der Waals surface area contributed by atoms with Crippen molar-refractivity contribution in [2.75, 3.05) is 13.1 Å². The molecule has 33 heavy (non-hydrogen) atoms. The summed E-state index contributed by atoms with van der Waals surface area (Å²) in [7, 11) is 0. The van der Waals surface area contributed by atoms with Gasteiger partial charge in [-0.25, -0.2) is 10.0 Å². The van der Waals surface area contributed by atoms with E-state index in [0.29, 0.717) is 15.6 Å². The van der Waals surface area contributed by atoms with Gasteiger partial charge in [0.15, 0.2) is 0 Å². The first-order valence-electron chi connectivity index (χ1n) is 11.1. The molecule has 0 aliphatic carbocycles. The van der Waals surface area contributed by atoms with Gasteiger partial charge in [-0.2, -0.15) is 0 Å². The van der Waals surface area contributed by atoms with E-state index < -0.39 is 0 Å². The maximum absolute atomic E-state index is 13.0. The average Bonchev–Trinajstić information content (AvgIpc) is 3.16. The summed E-state index contributed by atoms with van der Waals surface area (Å²) < 4.78 is 0. The quantitative estimate of drug-likeness (QED) is 0.328. The first kappa shape index (κ1) is 22.5. The molecule has 2 aliphatic rings. The summed E-state index contributed by atoms with van der Waals surface area (Å²) in [4.78, 5) is 20.1. The number of amides is 1. The summed E-state index contributed by atoms with van der Waals surface area (Å²) in [6, 6.07) is 19.3. The predicted octanol–water partition coefficient (Wildman–Crippen LogP) is 7.15. The van der Waals surface area contributed by atoms with E-state index in [9.17, 15) is 4.79 Å². The fraction of sp³-hybridized carbons (Fsp3) is 0.231. The van der Waals surface area contributed by atoms with Gasteiger partial charge in [-0.1, -0.05) is 66.0 Å². The van der Waals surface area contributed by atoms with Gasteiger partial charge in [0, 0.05) is 44.6 Å². The van der Waals surface area contributed by atoms with Gasteiger partial charge in [0.1, 0.15) is 0 Å². The van der Waals surface area contributed by atoms with Crippen LogP contribution in [0.5, 0.6) is 0 Å². The second kappa shape index (κ2) is 9.90. The third-order valence-electron chi connectivity index (χ3n) is 5.87. The highest BCUT2D eigenvalue weighted by atomic mass is 35.5. The fourth-order valence-corrected chi connectivity index (χ4v) is 5.66. The first-order chi connectivity index (χ1) is 16.1. The summed E-state index contributed by atoms with van der Waals surface area (Å²) >= 11 is 14.4. The third kappa shape index (κ3) is 4.97. The number of halogens is 2. The lowest BCUT2D eigenvalue weighted by Gasteiger charge is -2.21. The molecule has 5 rings (SSSR count). The molecular weight excluding hydrogens is 473 g/mol. The van der Waals surface area contributed by atoms with Crippen LogP contribution in [0.3, 0.4) is 0 Å². The number of benzene rings is 3. The minimum absolute atomic E-state index is 0.104. The van der Waals surface area contributed by atoms with Crippen molar-refractivity contribution in [1.82, 2.24) is 10.4 Å². The van der Waals surface area contributed by atoms with Crippen molar-refractivity contribution >= 4 is 52.3 Å². The molecule has 3 aromatic carbocycles. The lowest BCUT2D eigenvalue weighted by Crippen LogP contribution is -2.42. The Kier molecular flexibility index (Phi) is 6.74. The van der Waals surface area contributed by atoms with E-state index in [0.717, 1.165) is 58.2 Å². The molecule has 1 saturated heterocycles. The summed E-state index contributed by atoms with van der Waals surface area (Å²) in [5, 5.41) is 3.15. The van der Waals surface area contributed by atoms with Crippen LogP contribution in [0.25, 0.3) is 0 Å². The number of nitrogens with zero attached hydrogens (tertiary/aromatic N) is 2. The number of hydrogen-bond acceptors (Lipinski definition) is 4. The van der Waals surface area contributed by atoms with Gasteiger partial charge in [-0.15, -0.1) is 0 Å². The van der Waals surface area contributed by atoms with E-state index in [-0.39, 0.29) is 5.91 Å². The Bertz CT molecular complexity index is 1240. The molecule has 0 unspecified atom stereocenters. The van der Waals surface area contributed by atoms with Crippen LogP contribution in [0.4, 0.5) is 5.69 Å². The maximum Gasteiger partial charge on any atom is 0.265 e. The number of hydrazine groups is 1. The molecule has 0 saturated carbocycles. The molecule has 2 heterocycles. The van der Waals surface area contributed by atoms with Gasteiger partial charge in [0.05, 0.1) is 16.4 Å². The molecule has 0 bridgehead atoms. The van der Waals surface area contributed by atoms with Gasteiger partial charge in [-0.05, 0) is 55.3 Å². The van der Waals surface area contributed by atoms with Gasteiger partial charge < -0.3 is 0 Å². The number of carbonyl (C=O) groups is 1. The Hall–Kier alpha value is -2.31. The number of hydrogen-bond donors (Lipinski definition) is 1. The monoisotopic (exact) mass is 495 g/mol. The van der Waals surface area contributed by atoms with Gasteiger partial charge >= 0.3 is 0 Å². The highest BCUT2D eigenvalue weighted by Gasteiger charge is 2.22. The lowest BCUT2D eigenvalue weighted by atomic mass is 10.0. The lowest BCUT2D eigenvalue weighted by molar-refractivity contribution is 0.0794. The van der Waals surface area contributed by atoms with Crippen molar-refractivity contribution < 1.29 is 4.79 Å². The Morgan fingerprint density at radius 3 is 2.45 bits per heavy atom. The standard InChI is InChI=1S/C26H23Cl2N3OS/c27-18-10-11-19(21(28)16-18)25-20-7-3-4-8-23(20)33-24-12-9-17(15-22(24)29-25)26(32)30-31-13-5-1-2-6-14-31/h3-4,7-12,15-16H,1-2,5-6,13-14H2,(H,30,32). The zero-order chi connectivity index (χ0) is 22.8. The largest absolute Gasteiger partial charge is 0.285 e. The Labute approximate surface area is 208 Å². The van der Waals surface area contributed by atoms with Crippen molar-refractivity contribution in [3.63, 3.8) is 0 Å². The van der Waals surface area contributed by atoms with Crippen LogP contribution in [-0.2, 0) is 0 Å². The molecule has 3 aromatic rings. The smallest absolute Gasteiger partial charge is 0.265 e. The minimum atomic E-state index is -0.104. The predicted molar refractivity (Wildman–Crippen MR) is 136 cm³/mol. The molecule has 168 valence electrons. The van der Waals surface area contributed by atoms with Crippen molar-refractivity contribution in [1.29, 1.82) is 0 Å². The third-order valence-corrected chi connectivity index (χ3v) is 7.56. The summed E-state index contributed by atoms with van der Waals surface area (Å²) in [5.74, 6) is -0.104. The zero-order valence-electron chi connectivity index (χ0n) is 18.0. The van der Waals surface area contributed by atoms with Crippen LogP contribution in [0, 0.1) is 0 Å². The molecule has 0 radical (unpaired) electrons. The molecule has 1 fully saturated rings. The van der Waals surface area contributed by atoms with Crippen molar-refractivity contribution in [3.8, 4) is 0 Å². The van der Waals surface area contributed by atoms with E-state index >= 15 is 0 Å². The first-order valence-corrected chi connectivity index (χ1v) is 12.7. The van der Waals surface area contributed by atoms with Gasteiger partial charge in [0.2, 0.25) is 0 Å².